The molecule has 0 saturated heterocycles. The lowest BCUT2D eigenvalue weighted by atomic mass is 10.6. The Hall–Kier alpha value is -1.29. The number of hydrogen-bond acceptors (Lipinski definition) is 6. The van der Waals surface area contributed by atoms with Crippen LogP contribution in [0.15, 0.2) is 6.20 Å². The zero-order chi connectivity index (χ0) is 12.4. The summed E-state index contributed by atoms with van der Waals surface area (Å²) in [4.78, 5) is 0. The van der Waals surface area contributed by atoms with E-state index in [4.69, 9.17) is 5.73 Å². The molecule has 0 spiro atoms. The first-order chi connectivity index (χ1) is 7.20. The van der Waals surface area contributed by atoms with Gasteiger partial charge < -0.3 is 5.73 Å². The Bertz CT molecular complexity index is 559. The molecule has 0 unspecified atom stereocenters. The summed E-state index contributed by atoms with van der Waals surface area (Å²) in [6.45, 7) is 0. The molecule has 1 heterocycles. The van der Waals surface area contributed by atoms with Crippen LogP contribution >= 0.6 is 0 Å². The Morgan fingerprint density at radius 1 is 1.38 bits per heavy atom. The van der Waals surface area contributed by atoms with Gasteiger partial charge in [-0.3, -0.25) is 9.82 Å². The smallest absolute Gasteiger partial charge is 0.234 e. The fraction of sp³-hybridized carbons (Fsp3) is 0.500. The lowest BCUT2D eigenvalue weighted by Crippen LogP contribution is -2.23. The minimum absolute atomic E-state index is 0.0356. The summed E-state index contributed by atoms with van der Waals surface area (Å²) in [6.07, 6.45) is 2.21. The second kappa shape index (κ2) is 4.29. The van der Waals surface area contributed by atoms with Gasteiger partial charge in [-0.25, -0.2) is 16.8 Å². The van der Waals surface area contributed by atoms with E-state index in [0.717, 1.165) is 6.26 Å². The Morgan fingerprint density at radius 2 is 2.00 bits per heavy atom. The van der Waals surface area contributed by atoms with Crippen LogP contribution in [-0.4, -0.2) is 44.8 Å². The lowest BCUT2D eigenvalue weighted by Gasteiger charge is -2.05. The molecule has 4 N–H and O–H groups in total. The number of nitrogens with zero attached hydrogens (tertiary/aromatic N) is 1. The van der Waals surface area contributed by atoms with Crippen molar-refractivity contribution in [3.05, 3.63) is 6.20 Å². The standard InChI is InChI=1S/C6H12N4O4S2/c1-15(11,12)2-3-16(13,14)10-6-5(7)4-8-9-6/h4H,2-3,7H2,1H3,(H2,8,9,10). The SMILES string of the molecule is CS(=O)(=O)CCS(=O)(=O)Nc1[nH]ncc1N. The monoisotopic (exact) mass is 268 g/mol. The normalized spacial score (nSPS) is 12.6. The Kier molecular flexibility index (Phi) is 3.43. The molecule has 0 aromatic carbocycles. The van der Waals surface area contributed by atoms with E-state index < -0.39 is 31.4 Å². The highest BCUT2D eigenvalue weighted by atomic mass is 32.2. The second-order valence-electron chi connectivity index (χ2n) is 3.25. The predicted molar refractivity (Wildman–Crippen MR) is 60.1 cm³/mol. The number of anilines is 2. The van der Waals surface area contributed by atoms with Gasteiger partial charge in [0, 0.05) is 6.26 Å². The summed E-state index contributed by atoms with van der Waals surface area (Å²) >= 11 is 0. The van der Waals surface area contributed by atoms with E-state index in [-0.39, 0.29) is 11.5 Å². The maximum Gasteiger partial charge on any atom is 0.234 e. The van der Waals surface area contributed by atoms with Crippen molar-refractivity contribution in [2.45, 2.75) is 0 Å². The van der Waals surface area contributed by atoms with Crippen molar-refractivity contribution >= 4 is 31.4 Å². The number of rotatable bonds is 5. The zero-order valence-corrected chi connectivity index (χ0v) is 10.1. The third-order valence-corrected chi connectivity index (χ3v) is 4.11. The molecule has 8 nitrogen and oxygen atoms in total. The van der Waals surface area contributed by atoms with E-state index in [0.29, 0.717) is 0 Å². The number of aromatic amines is 1. The van der Waals surface area contributed by atoms with Crippen molar-refractivity contribution in [3.8, 4) is 0 Å². The third-order valence-electron chi connectivity index (χ3n) is 1.65. The van der Waals surface area contributed by atoms with Gasteiger partial charge in [0.2, 0.25) is 10.0 Å². The van der Waals surface area contributed by atoms with Crippen LogP contribution in [0.1, 0.15) is 0 Å². The highest BCUT2D eigenvalue weighted by Crippen LogP contribution is 2.14. The fourth-order valence-electron chi connectivity index (χ4n) is 0.845. The van der Waals surface area contributed by atoms with Crippen molar-refractivity contribution in [3.63, 3.8) is 0 Å². The van der Waals surface area contributed by atoms with Gasteiger partial charge in [-0.1, -0.05) is 0 Å². The van der Waals surface area contributed by atoms with Crippen LogP contribution in [0.2, 0.25) is 0 Å². The highest BCUT2D eigenvalue weighted by Gasteiger charge is 2.16. The molecule has 0 bridgehead atoms. The molecule has 16 heavy (non-hydrogen) atoms. The van der Waals surface area contributed by atoms with E-state index in [1.165, 1.54) is 6.20 Å². The third kappa shape index (κ3) is 4.06. The van der Waals surface area contributed by atoms with Gasteiger partial charge in [0.1, 0.15) is 9.84 Å². The number of nitrogen functional groups attached to an aromatic ring is 1. The van der Waals surface area contributed by atoms with Crippen LogP contribution in [0.4, 0.5) is 11.5 Å². The first-order valence-electron chi connectivity index (χ1n) is 4.17. The van der Waals surface area contributed by atoms with E-state index in [1.54, 1.807) is 0 Å². The van der Waals surface area contributed by atoms with Gasteiger partial charge in [-0.05, 0) is 0 Å². The number of hydrogen-bond donors (Lipinski definition) is 3. The van der Waals surface area contributed by atoms with Crippen LogP contribution in [-0.2, 0) is 19.9 Å². The Labute approximate surface area is 93.2 Å². The average molecular weight is 268 g/mol. The number of H-pyrrole nitrogens is 1. The molecular weight excluding hydrogens is 256 g/mol. The van der Waals surface area contributed by atoms with Gasteiger partial charge >= 0.3 is 0 Å². The molecule has 1 aromatic rings. The molecule has 0 aliphatic heterocycles. The van der Waals surface area contributed by atoms with Crippen LogP contribution < -0.4 is 10.5 Å². The maximum absolute atomic E-state index is 11.4. The van der Waals surface area contributed by atoms with Crippen molar-refractivity contribution in [1.29, 1.82) is 0 Å². The molecule has 92 valence electrons. The van der Waals surface area contributed by atoms with Gasteiger partial charge in [0.15, 0.2) is 5.82 Å². The number of nitrogens with one attached hydrogen (secondary N) is 2. The second-order valence-corrected chi connectivity index (χ2v) is 7.35. The van der Waals surface area contributed by atoms with Crippen LogP contribution in [0.25, 0.3) is 0 Å². The Morgan fingerprint density at radius 3 is 2.44 bits per heavy atom. The molecule has 0 fully saturated rings. The van der Waals surface area contributed by atoms with Gasteiger partial charge in [-0.15, -0.1) is 0 Å². The van der Waals surface area contributed by atoms with E-state index in [2.05, 4.69) is 14.9 Å². The molecule has 1 rings (SSSR count). The summed E-state index contributed by atoms with van der Waals surface area (Å²) < 4.78 is 46.6. The minimum atomic E-state index is -3.74. The molecular formula is C6H12N4O4S2. The van der Waals surface area contributed by atoms with Gasteiger partial charge in [0.25, 0.3) is 0 Å². The average Bonchev–Trinajstić information content (AvgIpc) is 2.47. The van der Waals surface area contributed by atoms with Crippen molar-refractivity contribution in [2.24, 2.45) is 0 Å². The highest BCUT2D eigenvalue weighted by molar-refractivity contribution is 7.95. The van der Waals surface area contributed by atoms with Crippen LogP contribution in [0.3, 0.4) is 0 Å². The summed E-state index contributed by atoms with van der Waals surface area (Å²) in [5.74, 6) is -0.936. The number of aromatic nitrogens is 2. The van der Waals surface area contributed by atoms with Crippen molar-refractivity contribution in [1.82, 2.24) is 10.2 Å². The molecule has 10 heteroatoms. The topological polar surface area (TPSA) is 135 Å². The number of sulfonamides is 1. The first-order valence-corrected chi connectivity index (χ1v) is 7.88. The molecule has 0 saturated carbocycles. The molecule has 0 radical (unpaired) electrons. The molecule has 0 aliphatic carbocycles. The largest absolute Gasteiger partial charge is 0.394 e. The summed E-state index contributed by atoms with van der Waals surface area (Å²) in [5.41, 5.74) is 5.53. The first kappa shape index (κ1) is 12.8. The van der Waals surface area contributed by atoms with Crippen molar-refractivity contribution < 1.29 is 16.8 Å². The predicted octanol–water partition coefficient (Wildman–Crippen LogP) is -1.22. The summed E-state index contributed by atoms with van der Waals surface area (Å²) in [5, 5.41) is 5.86. The van der Waals surface area contributed by atoms with E-state index in [1.807, 2.05) is 0 Å². The molecule has 1 aromatic heterocycles. The molecule has 0 atom stereocenters. The van der Waals surface area contributed by atoms with E-state index in [9.17, 15) is 16.8 Å². The Balaban J connectivity index is 2.70. The quantitative estimate of drug-likeness (QED) is 0.612. The molecule has 0 amide bonds. The van der Waals surface area contributed by atoms with Gasteiger partial charge in [-0.2, -0.15) is 5.10 Å². The number of nitrogens with two attached hydrogens (primary N) is 1. The summed E-state index contributed by atoms with van der Waals surface area (Å²) in [6, 6.07) is 0. The fourth-order valence-corrected chi connectivity index (χ4v) is 3.51. The summed E-state index contributed by atoms with van der Waals surface area (Å²) in [7, 11) is -7.06. The number of sulfone groups is 1. The van der Waals surface area contributed by atoms with Crippen LogP contribution in [0.5, 0.6) is 0 Å². The van der Waals surface area contributed by atoms with Gasteiger partial charge in [0.05, 0.1) is 23.4 Å². The van der Waals surface area contributed by atoms with E-state index >= 15 is 0 Å². The zero-order valence-electron chi connectivity index (χ0n) is 8.47. The minimum Gasteiger partial charge on any atom is -0.394 e. The maximum atomic E-state index is 11.4. The lowest BCUT2D eigenvalue weighted by molar-refractivity contribution is 0.593. The molecule has 0 aliphatic rings. The van der Waals surface area contributed by atoms with Crippen molar-refractivity contribution in [2.75, 3.05) is 28.2 Å². The van der Waals surface area contributed by atoms with Crippen LogP contribution in [0, 0.1) is 0 Å².